The number of carbonyl (C=O) groups is 1. The molecule has 0 radical (unpaired) electrons. The summed E-state index contributed by atoms with van der Waals surface area (Å²) < 4.78 is 37.9. The Kier molecular flexibility index (Phi) is 6.17. The third-order valence-electron chi connectivity index (χ3n) is 4.86. The molecule has 28 heavy (non-hydrogen) atoms. The Labute approximate surface area is 164 Å². The molecule has 1 atom stereocenters. The lowest BCUT2D eigenvalue weighted by molar-refractivity contribution is 0.0784. The van der Waals surface area contributed by atoms with E-state index in [1.165, 1.54) is 24.3 Å². The SMILES string of the molecule is Cc1noc(C)c1CN(C)C(=O)c1ccc(S(=O)(=O)NCC2CCCO2)cc1. The Hall–Kier alpha value is -2.23. The highest BCUT2D eigenvalue weighted by Crippen LogP contribution is 2.17. The highest BCUT2D eigenvalue weighted by atomic mass is 32.2. The molecule has 152 valence electrons. The zero-order chi connectivity index (χ0) is 20.3. The van der Waals surface area contributed by atoms with Crippen LogP contribution in [0.25, 0.3) is 0 Å². The number of ether oxygens (including phenoxy) is 1. The van der Waals surface area contributed by atoms with Crippen molar-refractivity contribution in [2.24, 2.45) is 0 Å². The van der Waals surface area contributed by atoms with Crippen molar-refractivity contribution in [3.8, 4) is 0 Å². The first-order valence-electron chi connectivity index (χ1n) is 9.16. The molecule has 2 aromatic rings. The van der Waals surface area contributed by atoms with Gasteiger partial charge in [-0.25, -0.2) is 13.1 Å². The highest BCUT2D eigenvalue weighted by molar-refractivity contribution is 7.89. The van der Waals surface area contributed by atoms with Crippen LogP contribution >= 0.6 is 0 Å². The third-order valence-corrected chi connectivity index (χ3v) is 6.30. The van der Waals surface area contributed by atoms with E-state index in [9.17, 15) is 13.2 Å². The first kappa shape index (κ1) is 20.5. The third kappa shape index (κ3) is 4.60. The summed E-state index contributed by atoms with van der Waals surface area (Å²) in [4.78, 5) is 14.3. The van der Waals surface area contributed by atoms with Crippen molar-refractivity contribution in [1.82, 2.24) is 14.8 Å². The smallest absolute Gasteiger partial charge is 0.253 e. The van der Waals surface area contributed by atoms with Gasteiger partial charge in [0.2, 0.25) is 10.0 Å². The maximum absolute atomic E-state index is 12.6. The van der Waals surface area contributed by atoms with E-state index in [0.29, 0.717) is 24.5 Å². The second-order valence-corrected chi connectivity index (χ2v) is 8.74. The highest BCUT2D eigenvalue weighted by Gasteiger charge is 2.21. The summed E-state index contributed by atoms with van der Waals surface area (Å²) in [5.41, 5.74) is 2.02. The molecule has 9 heteroatoms. The first-order chi connectivity index (χ1) is 13.3. The van der Waals surface area contributed by atoms with Crippen LogP contribution in [0.5, 0.6) is 0 Å². The molecule has 1 aromatic heterocycles. The predicted molar refractivity (Wildman–Crippen MR) is 102 cm³/mol. The Balaban J connectivity index is 1.64. The molecule has 0 spiro atoms. The fourth-order valence-corrected chi connectivity index (χ4v) is 4.19. The van der Waals surface area contributed by atoms with Gasteiger partial charge in [-0.1, -0.05) is 5.16 Å². The number of benzene rings is 1. The molecule has 2 heterocycles. The van der Waals surface area contributed by atoms with Crippen LogP contribution in [0.15, 0.2) is 33.7 Å². The largest absolute Gasteiger partial charge is 0.377 e. The van der Waals surface area contributed by atoms with Gasteiger partial charge in [0.05, 0.1) is 23.2 Å². The maximum Gasteiger partial charge on any atom is 0.253 e. The first-order valence-corrected chi connectivity index (χ1v) is 10.6. The minimum atomic E-state index is -3.64. The quantitative estimate of drug-likeness (QED) is 0.753. The van der Waals surface area contributed by atoms with Crippen LogP contribution in [0.4, 0.5) is 0 Å². The van der Waals surface area contributed by atoms with Gasteiger partial charge in [-0.05, 0) is 51.0 Å². The number of hydrogen-bond donors (Lipinski definition) is 1. The minimum absolute atomic E-state index is 0.0754. The standard InChI is InChI=1S/C19H25N3O5S/c1-13-18(14(2)27-21-13)12-22(3)19(23)15-6-8-17(9-7-15)28(24,25)20-11-16-5-4-10-26-16/h6-9,16,20H,4-5,10-12H2,1-3H3. The number of hydrogen-bond acceptors (Lipinski definition) is 6. The number of aryl methyl sites for hydroxylation is 2. The zero-order valence-corrected chi connectivity index (χ0v) is 17.1. The molecular formula is C19H25N3O5S. The van der Waals surface area contributed by atoms with Gasteiger partial charge < -0.3 is 14.2 Å². The van der Waals surface area contributed by atoms with Crippen molar-refractivity contribution in [2.75, 3.05) is 20.2 Å². The lowest BCUT2D eigenvalue weighted by atomic mass is 10.1. The summed E-state index contributed by atoms with van der Waals surface area (Å²) in [7, 11) is -1.96. The van der Waals surface area contributed by atoms with Crippen LogP contribution in [-0.2, 0) is 21.3 Å². The van der Waals surface area contributed by atoms with Crippen molar-refractivity contribution in [2.45, 2.75) is 44.2 Å². The van der Waals surface area contributed by atoms with Crippen LogP contribution in [0.2, 0.25) is 0 Å². The summed E-state index contributed by atoms with van der Waals surface area (Å²) >= 11 is 0. The van der Waals surface area contributed by atoms with Gasteiger partial charge in [0.1, 0.15) is 5.76 Å². The van der Waals surface area contributed by atoms with Crippen LogP contribution in [0.3, 0.4) is 0 Å². The second-order valence-electron chi connectivity index (χ2n) is 6.98. The molecule has 0 saturated carbocycles. The number of sulfonamides is 1. The van der Waals surface area contributed by atoms with Crippen molar-refractivity contribution in [3.63, 3.8) is 0 Å². The van der Waals surface area contributed by atoms with Crippen LogP contribution in [0, 0.1) is 13.8 Å². The molecule has 1 aliphatic rings. The van der Waals surface area contributed by atoms with Crippen LogP contribution < -0.4 is 4.72 Å². The summed E-state index contributed by atoms with van der Waals surface area (Å²) in [6.07, 6.45) is 1.73. The van der Waals surface area contributed by atoms with Gasteiger partial charge in [0.25, 0.3) is 5.91 Å². The lowest BCUT2D eigenvalue weighted by Crippen LogP contribution is -2.32. The van der Waals surface area contributed by atoms with Crippen molar-refractivity contribution in [3.05, 3.63) is 46.8 Å². The summed E-state index contributed by atoms with van der Waals surface area (Å²) in [5, 5.41) is 3.89. The van der Waals surface area contributed by atoms with E-state index >= 15 is 0 Å². The van der Waals surface area contributed by atoms with Gasteiger partial charge in [0, 0.05) is 31.3 Å². The fraction of sp³-hybridized carbons (Fsp3) is 0.474. The molecule has 1 unspecified atom stereocenters. The van der Waals surface area contributed by atoms with Gasteiger partial charge in [-0.2, -0.15) is 0 Å². The summed E-state index contributed by atoms with van der Waals surface area (Å²) in [5.74, 6) is 0.465. The number of nitrogens with zero attached hydrogens (tertiary/aromatic N) is 2. The van der Waals surface area contributed by atoms with E-state index in [0.717, 1.165) is 24.1 Å². The van der Waals surface area contributed by atoms with Crippen molar-refractivity contribution in [1.29, 1.82) is 0 Å². The average Bonchev–Trinajstić information content (AvgIpc) is 3.31. The topological polar surface area (TPSA) is 102 Å². The second kappa shape index (κ2) is 8.42. The van der Waals surface area contributed by atoms with E-state index in [1.807, 2.05) is 6.92 Å². The predicted octanol–water partition coefficient (Wildman–Crippen LogP) is 2.02. The Morgan fingerprint density at radius 2 is 2.00 bits per heavy atom. The Morgan fingerprint density at radius 1 is 1.29 bits per heavy atom. The molecule has 8 nitrogen and oxygen atoms in total. The van der Waals surface area contributed by atoms with Crippen molar-refractivity contribution >= 4 is 15.9 Å². The van der Waals surface area contributed by atoms with E-state index in [-0.39, 0.29) is 23.5 Å². The minimum Gasteiger partial charge on any atom is -0.377 e. The van der Waals surface area contributed by atoms with Gasteiger partial charge in [0.15, 0.2) is 0 Å². The monoisotopic (exact) mass is 407 g/mol. The van der Waals surface area contributed by atoms with E-state index in [2.05, 4.69) is 9.88 Å². The molecular weight excluding hydrogens is 382 g/mol. The maximum atomic E-state index is 12.6. The zero-order valence-electron chi connectivity index (χ0n) is 16.3. The van der Waals surface area contributed by atoms with Crippen LogP contribution in [0.1, 0.15) is 40.2 Å². The van der Waals surface area contributed by atoms with E-state index in [4.69, 9.17) is 9.26 Å². The Bertz CT molecular complexity index is 911. The molecule has 1 amide bonds. The summed E-state index contributed by atoms with van der Waals surface area (Å²) in [6.45, 7) is 4.92. The number of carbonyl (C=O) groups excluding carboxylic acids is 1. The fourth-order valence-electron chi connectivity index (χ4n) is 3.12. The van der Waals surface area contributed by atoms with Gasteiger partial charge >= 0.3 is 0 Å². The molecule has 0 bridgehead atoms. The molecule has 1 aliphatic heterocycles. The molecule has 1 saturated heterocycles. The summed E-state index contributed by atoms with van der Waals surface area (Å²) in [6, 6.07) is 5.92. The average molecular weight is 407 g/mol. The normalized spacial score (nSPS) is 17.0. The molecule has 0 aliphatic carbocycles. The molecule has 1 fully saturated rings. The van der Waals surface area contributed by atoms with Crippen molar-refractivity contribution < 1.29 is 22.5 Å². The molecule has 1 N–H and O–H groups in total. The number of nitrogens with one attached hydrogen (secondary N) is 1. The molecule has 3 rings (SSSR count). The number of rotatable bonds is 7. The van der Waals surface area contributed by atoms with E-state index < -0.39 is 10.0 Å². The molecule has 1 aromatic carbocycles. The number of amides is 1. The number of aromatic nitrogens is 1. The Morgan fingerprint density at radius 3 is 2.57 bits per heavy atom. The van der Waals surface area contributed by atoms with Gasteiger partial charge in [-0.15, -0.1) is 0 Å². The van der Waals surface area contributed by atoms with Crippen LogP contribution in [-0.4, -0.2) is 50.7 Å². The van der Waals surface area contributed by atoms with E-state index in [1.54, 1.807) is 18.9 Å². The lowest BCUT2D eigenvalue weighted by Gasteiger charge is -2.17. The van der Waals surface area contributed by atoms with Gasteiger partial charge in [-0.3, -0.25) is 4.79 Å².